The highest BCUT2D eigenvalue weighted by Gasteiger charge is 2.06. The van der Waals surface area contributed by atoms with Gasteiger partial charge in [0.25, 0.3) is 0 Å². The Hall–Kier alpha value is -1.77. The predicted molar refractivity (Wildman–Crippen MR) is 68.1 cm³/mol. The normalized spacial score (nSPS) is 10.6. The third-order valence-corrected chi connectivity index (χ3v) is 2.71. The smallest absolute Gasteiger partial charge is 0.312 e. The lowest BCUT2D eigenvalue weighted by molar-refractivity contribution is -0.134. The fourth-order valence-electron chi connectivity index (χ4n) is 1.79. The molecule has 1 N–H and O–H groups in total. The number of benzene rings is 1. The van der Waals surface area contributed by atoms with E-state index in [-0.39, 0.29) is 5.97 Å². The van der Waals surface area contributed by atoms with Crippen molar-refractivity contribution < 1.29 is 9.53 Å². The van der Waals surface area contributed by atoms with E-state index in [9.17, 15) is 4.79 Å². The van der Waals surface area contributed by atoms with Crippen molar-refractivity contribution in [2.45, 2.75) is 32.6 Å². The van der Waals surface area contributed by atoms with Crippen LogP contribution in [0, 0.1) is 0 Å². The zero-order valence-corrected chi connectivity index (χ0v) is 10.0. The third-order valence-electron chi connectivity index (χ3n) is 2.71. The van der Waals surface area contributed by atoms with Crippen molar-refractivity contribution in [2.24, 2.45) is 0 Å². The van der Waals surface area contributed by atoms with E-state index >= 15 is 0 Å². The second kappa shape index (κ2) is 5.53. The lowest BCUT2D eigenvalue weighted by atomic mass is 10.2. The fraction of sp³-hybridized carbons (Fsp3) is 0.357. The van der Waals surface area contributed by atoms with Gasteiger partial charge in [0.05, 0.1) is 0 Å². The van der Waals surface area contributed by atoms with Gasteiger partial charge in [-0.25, -0.2) is 0 Å². The Balaban J connectivity index is 1.96. The first kappa shape index (κ1) is 11.7. The molecule has 0 aliphatic heterocycles. The van der Waals surface area contributed by atoms with Gasteiger partial charge < -0.3 is 9.72 Å². The highest BCUT2D eigenvalue weighted by atomic mass is 16.5. The SMILES string of the molecule is CCCCCC(=O)Oc1cc2ccccc2[nH]1. The standard InChI is InChI=1S/C14H17NO2/c1-2-3-4-9-14(16)17-13-10-11-7-5-6-8-12(11)15-13/h5-8,10,15H,2-4,9H2,1H3. The largest absolute Gasteiger partial charge is 0.409 e. The number of ether oxygens (including phenoxy) is 1. The molecule has 0 fully saturated rings. The van der Waals surface area contributed by atoms with Gasteiger partial charge in [0.2, 0.25) is 5.88 Å². The van der Waals surface area contributed by atoms with Crippen LogP contribution >= 0.6 is 0 Å². The summed E-state index contributed by atoms with van der Waals surface area (Å²) in [5.41, 5.74) is 0.990. The van der Waals surface area contributed by atoms with Gasteiger partial charge in [0, 0.05) is 23.4 Å². The Labute approximate surface area is 101 Å². The molecule has 0 bridgehead atoms. The number of unbranched alkanes of at least 4 members (excludes halogenated alkanes) is 2. The third kappa shape index (κ3) is 3.09. The van der Waals surface area contributed by atoms with Crippen LogP contribution in [0.25, 0.3) is 10.9 Å². The molecule has 1 aromatic heterocycles. The second-order valence-corrected chi connectivity index (χ2v) is 4.15. The van der Waals surface area contributed by atoms with Crippen LogP contribution in [0.15, 0.2) is 30.3 Å². The topological polar surface area (TPSA) is 42.1 Å². The number of rotatable bonds is 5. The summed E-state index contributed by atoms with van der Waals surface area (Å²) < 4.78 is 5.25. The number of carbonyl (C=O) groups is 1. The minimum absolute atomic E-state index is 0.162. The number of hydrogen-bond acceptors (Lipinski definition) is 2. The lowest BCUT2D eigenvalue weighted by Gasteiger charge is -2.00. The minimum Gasteiger partial charge on any atom is -0.409 e. The van der Waals surface area contributed by atoms with Crippen LogP contribution in [-0.2, 0) is 4.79 Å². The maximum atomic E-state index is 11.5. The molecule has 0 aliphatic rings. The van der Waals surface area contributed by atoms with E-state index in [2.05, 4.69) is 11.9 Å². The van der Waals surface area contributed by atoms with Crippen molar-refractivity contribution in [1.82, 2.24) is 4.98 Å². The summed E-state index contributed by atoms with van der Waals surface area (Å²) in [6, 6.07) is 9.71. The molecule has 1 heterocycles. The second-order valence-electron chi connectivity index (χ2n) is 4.15. The van der Waals surface area contributed by atoms with Gasteiger partial charge >= 0.3 is 5.97 Å². The molecule has 1 aromatic carbocycles. The van der Waals surface area contributed by atoms with Gasteiger partial charge in [0.1, 0.15) is 0 Å². The lowest BCUT2D eigenvalue weighted by Crippen LogP contribution is -2.07. The Morgan fingerprint density at radius 1 is 1.29 bits per heavy atom. The first-order valence-electron chi connectivity index (χ1n) is 6.08. The molecule has 2 aromatic rings. The Bertz CT molecular complexity index is 469. The molecule has 0 radical (unpaired) electrons. The maximum Gasteiger partial charge on any atom is 0.312 e. The number of aromatic nitrogens is 1. The summed E-state index contributed by atoms with van der Waals surface area (Å²) in [6.45, 7) is 2.11. The molecule has 3 nitrogen and oxygen atoms in total. The van der Waals surface area contributed by atoms with Gasteiger partial charge in [-0.2, -0.15) is 0 Å². The molecule has 0 unspecified atom stereocenters. The quantitative estimate of drug-likeness (QED) is 0.630. The molecule has 0 aliphatic carbocycles. The van der Waals surface area contributed by atoms with E-state index in [0.29, 0.717) is 12.3 Å². The number of aromatic amines is 1. The summed E-state index contributed by atoms with van der Waals surface area (Å²) >= 11 is 0. The summed E-state index contributed by atoms with van der Waals surface area (Å²) in [5.74, 6) is 0.373. The summed E-state index contributed by atoms with van der Waals surface area (Å²) in [4.78, 5) is 14.6. The van der Waals surface area contributed by atoms with Gasteiger partial charge in [-0.1, -0.05) is 38.0 Å². The van der Waals surface area contributed by atoms with Crippen molar-refractivity contribution in [3.8, 4) is 5.88 Å². The number of esters is 1. The van der Waals surface area contributed by atoms with Crippen molar-refractivity contribution in [3.05, 3.63) is 30.3 Å². The van der Waals surface area contributed by atoms with Crippen LogP contribution in [0.2, 0.25) is 0 Å². The zero-order valence-electron chi connectivity index (χ0n) is 10.0. The highest BCUT2D eigenvalue weighted by molar-refractivity contribution is 5.82. The number of H-pyrrole nitrogens is 1. The van der Waals surface area contributed by atoms with Crippen molar-refractivity contribution in [3.63, 3.8) is 0 Å². The van der Waals surface area contributed by atoms with Gasteiger partial charge in [-0.05, 0) is 12.5 Å². The Kier molecular flexibility index (Phi) is 3.81. The van der Waals surface area contributed by atoms with E-state index in [4.69, 9.17) is 4.74 Å². The van der Waals surface area contributed by atoms with Crippen LogP contribution in [0.4, 0.5) is 0 Å². The van der Waals surface area contributed by atoms with Gasteiger partial charge in [0.15, 0.2) is 0 Å². The molecule has 90 valence electrons. The maximum absolute atomic E-state index is 11.5. The van der Waals surface area contributed by atoms with E-state index in [1.807, 2.05) is 30.3 Å². The van der Waals surface area contributed by atoms with Crippen LogP contribution in [0.1, 0.15) is 32.6 Å². The van der Waals surface area contributed by atoms with Crippen LogP contribution in [0.5, 0.6) is 5.88 Å². The monoisotopic (exact) mass is 231 g/mol. The first-order valence-corrected chi connectivity index (χ1v) is 6.08. The molecule has 0 saturated heterocycles. The van der Waals surface area contributed by atoms with E-state index in [1.54, 1.807) is 0 Å². The summed E-state index contributed by atoms with van der Waals surface area (Å²) in [7, 11) is 0. The number of nitrogens with one attached hydrogen (secondary N) is 1. The van der Waals surface area contributed by atoms with E-state index in [0.717, 1.165) is 30.2 Å². The Morgan fingerprint density at radius 3 is 2.88 bits per heavy atom. The van der Waals surface area contributed by atoms with E-state index < -0.39 is 0 Å². The molecule has 0 atom stereocenters. The molecule has 17 heavy (non-hydrogen) atoms. The van der Waals surface area contributed by atoms with E-state index in [1.165, 1.54) is 0 Å². The molecule has 0 spiro atoms. The molecule has 3 heteroatoms. The summed E-state index contributed by atoms with van der Waals surface area (Å²) in [5, 5.41) is 1.06. The van der Waals surface area contributed by atoms with Gasteiger partial charge in [-0.15, -0.1) is 0 Å². The number of para-hydroxylation sites is 1. The predicted octanol–water partition coefficient (Wildman–Crippen LogP) is 3.65. The summed E-state index contributed by atoms with van der Waals surface area (Å²) in [6.07, 6.45) is 3.57. The van der Waals surface area contributed by atoms with Crippen molar-refractivity contribution in [1.29, 1.82) is 0 Å². The van der Waals surface area contributed by atoms with Crippen LogP contribution < -0.4 is 4.74 Å². The minimum atomic E-state index is -0.162. The molecule has 0 saturated carbocycles. The van der Waals surface area contributed by atoms with Crippen LogP contribution in [-0.4, -0.2) is 11.0 Å². The molecular formula is C14H17NO2. The number of hydrogen-bond donors (Lipinski definition) is 1. The number of fused-ring (bicyclic) bond motifs is 1. The van der Waals surface area contributed by atoms with Crippen LogP contribution in [0.3, 0.4) is 0 Å². The number of carbonyl (C=O) groups excluding carboxylic acids is 1. The highest BCUT2D eigenvalue weighted by Crippen LogP contribution is 2.20. The average Bonchev–Trinajstić information content (AvgIpc) is 2.71. The first-order chi connectivity index (χ1) is 8.29. The Morgan fingerprint density at radius 2 is 2.12 bits per heavy atom. The fourth-order valence-corrected chi connectivity index (χ4v) is 1.79. The molecule has 2 rings (SSSR count). The molecular weight excluding hydrogens is 214 g/mol. The average molecular weight is 231 g/mol. The zero-order chi connectivity index (χ0) is 12.1. The molecule has 0 amide bonds. The van der Waals surface area contributed by atoms with Crippen molar-refractivity contribution in [2.75, 3.05) is 0 Å². The van der Waals surface area contributed by atoms with Crippen molar-refractivity contribution >= 4 is 16.9 Å². The van der Waals surface area contributed by atoms with Gasteiger partial charge in [-0.3, -0.25) is 4.79 Å².